The fraction of sp³-hybridized carbons (Fsp3) is 0.600. The van der Waals surface area contributed by atoms with Gasteiger partial charge in [0.05, 0.1) is 26.0 Å². The molecule has 2 rings (SSSR count). The molecule has 0 aliphatic carbocycles. The second kappa shape index (κ2) is 8.67. The van der Waals surface area contributed by atoms with Gasteiger partial charge in [0, 0.05) is 20.3 Å². The van der Waals surface area contributed by atoms with Crippen molar-refractivity contribution in [3.8, 4) is 0 Å². The fourth-order valence-electron chi connectivity index (χ4n) is 2.07. The summed E-state index contributed by atoms with van der Waals surface area (Å²) in [6, 6.07) is 3.81. The zero-order chi connectivity index (χ0) is 15.8. The standard InChI is InChI=1S/C15H23N3O4/c1-4-20-12(2)15-16-14(22-17-15)11-18(7-9-19-3)10-13-6-5-8-21-13/h5-6,8,12H,4,7,9-11H2,1-3H3/t12-/m1/s1. The number of rotatable bonds is 10. The molecule has 0 spiro atoms. The number of ether oxygens (including phenoxy) is 2. The minimum absolute atomic E-state index is 0.167. The Balaban J connectivity index is 1.96. The van der Waals surface area contributed by atoms with Gasteiger partial charge in [0.1, 0.15) is 11.9 Å². The first-order valence-electron chi connectivity index (χ1n) is 7.40. The molecule has 0 radical (unpaired) electrons. The predicted octanol–water partition coefficient (Wildman–Crippen LogP) is 2.41. The van der Waals surface area contributed by atoms with E-state index in [0.29, 0.717) is 38.0 Å². The summed E-state index contributed by atoms with van der Waals surface area (Å²) in [5.74, 6) is 2.02. The molecule has 22 heavy (non-hydrogen) atoms. The van der Waals surface area contributed by atoms with Crippen LogP contribution in [0.2, 0.25) is 0 Å². The zero-order valence-electron chi connectivity index (χ0n) is 13.3. The molecule has 0 saturated heterocycles. The summed E-state index contributed by atoms with van der Waals surface area (Å²) in [5, 5.41) is 3.97. The quantitative estimate of drug-likeness (QED) is 0.667. The third-order valence-corrected chi connectivity index (χ3v) is 3.19. The maximum absolute atomic E-state index is 5.46. The summed E-state index contributed by atoms with van der Waals surface area (Å²) in [4.78, 5) is 6.52. The molecule has 0 aliphatic heterocycles. The van der Waals surface area contributed by atoms with Crippen molar-refractivity contribution in [1.29, 1.82) is 0 Å². The normalized spacial score (nSPS) is 12.9. The molecule has 7 nitrogen and oxygen atoms in total. The van der Waals surface area contributed by atoms with Gasteiger partial charge in [0.2, 0.25) is 5.89 Å². The lowest BCUT2D eigenvalue weighted by molar-refractivity contribution is 0.0683. The van der Waals surface area contributed by atoms with Gasteiger partial charge in [-0.3, -0.25) is 4.90 Å². The monoisotopic (exact) mass is 309 g/mol. The molecule has 2 heterocycles. The largest absolute Gasteiger partial charge is 0.468 e. The number of hydrogen-bond donors (Lipinski definition) is 0. The predicted molar refractivity (Wildman–Crippen MR) is 79.0 cm³/mol. The summed E-state index contributed by atoms with van der Waals surface area (Å²) in [6.45, 7) is 7.03. The van der Waals surface area contributed by atoms with Crippen LogP contribution in [0.1, 0.15) is 37.4 Å². The highest BCUT2D eigenvalue weighted by Crippen LogP contribution is 2.14. The average Bonchev–Trinajstić information content (AvgIpc) is 3.16. The average molecular weight is 309 g/mol. The summed E-state index contributed by atoms with van der Waals surface area (Å²) in [6.07, 6.45) is 1.50. The van der Waals surface area contributed by atoms with Gasteiger partial charge < -0.3 is 18.4 Å². The molecular weight excluding hydrogens is 286 g/mol. The zero-order valence-corrected chi connectivity index (χ0v) is 13.3. The van der Waals surface area contributed by atoms with Crippen LogP contribution in [-0.2, 0) is 22.6 Å². The number of hydrogen-bond acceptors (Lipinski definition) is 7. The fourth-order valence-corrected chi connectivity index (χ4v) is 2.07. The first-order chi connectivity index (χ1) is 10.7. The minimum atomic E-state index is -0.167. The van der Waals surface area contributed by atoms with Gasteiger partial charge >= 0.3 is 0 Å². The Labute approximate surface area is 130 Å². The molecule has 0 aromatic carbocycles. The van der Waals surface area contributed by atoms with Gasteiger partial charge in [0.15, 0.2) is 5.82 Å². The van der Waals surface area contributed by atoms with E-state index in [1.807, 2.05) is 26.0 Å². The van der Waals surface area contributed by atoms with E-state index >= 15 is 0 Å². The summed E-state index contributed by atoms with van der Waals surface area (Å²) in [7, 11) is 1.68. The Hall–Kier alpha value is -1.70. The lowest BCUT2D eigenvalue weighted by atomic mass is 10.3. The van der Waals surface area contributed by atoms with E-state index in [0.717, 1.165) is 12.3 Å². The van der Waals surface area contributed by atoms with Crippen molar-refractivity contribution in [1.82, 2.24) is 15.0 Å². The van der Waals surface area contributed by atoms with Crippen molar-refractivity contribution in [2.45, 2.75) is 33.0 Å². The Morgan fingerprint density at radius 1 is 1.36 bits per heavy atom. The molecule has 122 valence electrons. The molecule has 7 heteroatoms. The molecule has 0 fully saturated rings. The van der Waals surface area contributed by atoms with E-state index < -0.39 is 0 Å². The van der Waals surface area contributed by atoms with Gasteiger partial charge in [-0.15, -0.1) is 0 Å². The van der Waals surface area contributed by atoms with Crippen LogP contribution in [0.3, 0.4) is 0 Å². The van der Waals surface area contributed by atoms with Gasteiger partial charge in [-0.1, -0.05) is 5.16 Å². The van der Waals surface area contributed by atoms with Gasteiger partial charge in [-0.2, -0.15) is 4.98 Å². The Bertz CT molecular complexity index is 527. The molecular formula is C15H23N3O4. The van der Waals surface area contributed by atoms with E-state index in [-0.39, 0.29) is 6.10 Å². The van der Waals surface area contributed by atoms with Crippen molar-refractivity contribution < 1.29 is 18.4 Å². The van der Waals surface area contributed by atoms with Crippen LogP contribution in [0.25, 0.3) is 0 Å². The molecule has 0 unspecified atom stereocenters. The minimum Gasteiger partial charge on any atom is -0.468 e. The van der Waals surface area contributed by atoms with E-state index in [9.17, 15) is 0 Å². The van der Waals surface area contributed by atoms with Crippen LogP contribution >= 0.6 is 0 Å². The van der Waals surface area contributed by atoms with Crippen LogP contribution in [0, 0.1) is 0 Å². The Morgan fingerprint density at radius 2 is 2.23 bits per heavy atom. The van der Waals surface area contributed by atoms with E-state index in [2.05, 4.69) is 15.0 Å². The van der Waals surface area contributed by atoms with Crippen LogP contribution < -0.4 is 0 Å². The molecule has 2 aromatic rings. The Kier molecular flexibility index (Phi) is 6.57. The number of furan rings is 1. The van der Waals surface area contributed by atoms with Crippen LogP contribution in [0.4, 0.5) is 0 Å². The maximum atomic E-state index is 5.46. The SMILES string of the molecule is CCO[C@H](C)c1noc(CN(CCOC)Cc2ccco2)n1. The summed E-state index contributed by atoms with van der Waals surface area (Å²) < 4.78 is 21.3. The van der Waals surface area contributed by atoms with Crippen molar-refractivity contribution in [3.63, 3.8) is 0 Å². The van der Waals surface area contributed by atoms with Crippen LogP contribution in [0.15, 0.2) is 27.3 Å². The first kappa shape index (κ1) is 16.7. The second-order valence-electron chi connectivity index (χ2n) is 4.93. The third-order valence-electron chi connectivity index (χ3n) is 3.19. The van der Waals surface area contributed by atoms with Crippen LogP contribution in [-0.4, -0.2) is 41.9 Å². The highest BCUT2D eigenvalue weighted by atomic mass is 16.5. The first-order valence-corrected chi connectivity index (χ1v) is 7.40. The molecule has 0 bridgehead atoms. The van der Waals surface area contributed by atoms with Gasteiger partial charge in [0.25, 0.3) is 0 Å². The lowest BCUT2D eigenvalue weighted by Gasteiger charge is -2.18. The molecule has 0 amide bonds. The molecule has 2 aromatic heterocycles. The lowest BCUT2D eigenvalue weighted by Crippen LogP contribution is -2.26. The van der Waals surface area contributed by atoms with E-state index in [1.54, 1.807) is 13.4 Å². The smallest absolute Gasteiger partial charge is 0.240 e. The number of methoxy groups -OCH3 is 1. The second-order valence-corrected chi connectivity index (χ2v) is 4.93. The molecule has 0 aliphatic rings. The van der Waals surface area contributed by atoms with E-state index in [1.165, 1.54) is 0 Å². The van der Waals surface area contributed by atoms with E-state index in [4.69, 9.17) is 18.4 Å². The van der Waals surface area contributed by atoms with Crippen molar-refractivity contribution in [2.24, 2.45) is 0 Å². The number of nitrogens with zero attached hydrogens (tertiary/aromatic N) is 3. The van der Waals surface area contributed by atoms with Crippen molar-refractivity contribution in [3.05, 3.63) is 35.9 Å². The highest BCUT2D eigenvalue weighted by molar-refractivity contribution is 4.98. The molecule has 1 atom stereocenters. The molecule has 0 N–H and O–H groups in total. The van der Waals surface area contributed by atoms with Crippen LogP contribution in [0.5, 0.6) is 0 Å². The van der Waals surface area contributed by atoms with Crippen molar-refractivity contribution >= 4 is 0 Å². The maximum Gasteiger partial charge on any atom is 0.240 e. The highest BCUT2D eigenvalue weighted by Gasteiger charge is 2.17. The summed E-state index contributed by atoms with van der Waals surface area (Å²) in [5.41, 5.74) is 0. The van der Waals surface area contributed by atoms with Gasteiger partial charge in [-0.05, 0) is 26.0 Å². The number of aromatic nitrogens is 2. The summed E-state index contributed by atoms with van der Waals surface area (Å²) >= 11 is 0. The Morgan fingerprint density at radius 3 is 2.91 bits per heavy atom. The molecule has 0 saturated carbocycles. The van der Waals surface area contributed by atoms with Gasteiger partial charge in [-0.25, -0.2) is 0 Å². The topological polar surface area (TPSA) is 73.8 Å². The van der Waals surface area contributed by atoms with Crippen molar-refractivity contribution in [2.75, 3.05) is 26.9 Å². The third kappa shape index (κ3) is 4.94.